The molecule has 0 unspecified atom stereocenters. The largest absolute Gasteiger partial charge is 0.358 e. The van der Waals surface area contributed by atoms with Crippen molar-refractivity contribution in [2.24, 2.45) is 0 Å². The van der Waals surface area contributed by atoms with Crippen molar-refractivity contribution in [1.29, 1.82) is 0 Å². The van der Waals surface area contributed by atoms with Crippen molar-refractivity contribution in [2.75, 3.05) is 10.2 Å². The molecule has 2 atom stereocenters. The number of carbonyl (C=O) groups excluding carboxylic acids is 1. The summed E-state index contributed by atoms with van der Waals surface area (Å²) in [6.45, 7) is 6.74. The van der Waals surface area contributed by atoms with Gasteiger partial charge in [0.2, 0.25) is 0 Å². The first kappa shape index (κ1) is 18.1. The molecule has 3 aromatic carbocycles. The smallest absolute Gasteiger partial charge is 0.268 e. The number of thioether (sulfide) groups is 1. The molecule has 0 bridgehead atoms. The van der Waals surface area contributed by atoms with Crippen molar-refractivity contribution < 1.29 is 4.79 Å². The molecule has 1 N–H and O–H groups in total. The molecule has 3 aliphatic heterocycles. The number of hydrogen-bond acceptors (Lipinski definition) is 3. The molecular weight excluding hydrogens is 388 g/mol. The lowest BCUT2D eigenvalue weighted by molar-refractivity contribution is -0.120. The molecule has 0 aliphatic carbocycles. The third-order valence-electron chi connectivity index (χ3n) is 7.00. The standard InChI is InChI=1S/C26H24N2OS/c1-24(2)16-25(3,17-10-5-4-6-11-17)18-12-9-13-19-22(18)28(24)23(29)26(19)27-20-14-7-8-15-21(20)30-26/h4-15,27H,16H2,1-3H3/t25-,26+/m1/s1. The Morgan fingerprint density at radius 1 is 0.867 bits per heavy atom. The number of para-hydroxylation sites is 2. The highest BCUT2D eigenvalue weighted by molar-refractivity contribution is 8.01. The fourth-order valence-corrected chi connectivity index (χ4v) is 7.15. The maximum atomic E-state index is 14.1. The first-order chi connectivity index (χ1) is 14.4. The van der Waals surface area contributed by atoms with Gasteiger partial charge in [0, 0.05) is 27.1 Å². The lowest BCUT2D eigenvalue weighted by Gasteiger charge is -2.50. The van der Waals surface area contributed by atoms with E-state index in [2.05, 4.69) is 91.7 Å². The minimum absolute atomic E-state index is 0.145. The van der Waals surface area contributed by atoms with Crippen LogP contribution in [0.25, 0.3) is 0 Å². The van der Waals surface area contributed by atoms with Gasteiger partial charge in [0.05, 0.1) is 5.69 Å². The molecule has 1 spiro atoms. The topological polar surface area (TPSA) is 32.3 Å². The van der Waals surface area contributed by atoms with Crippen LogP contribution in [0, 0.1) is 0 Å². The van der Waals surface area contributed by atoms with Crippen LogP contribution in [0.1, 0.15) is 43.9 Å². The second-order valence-corrected chi connectivity index (χ2v) is 10.7. The summed E-state index contributed by atoms with van der Waals surface area (Å²) in [5.41, 5.74) is 5.31. The molecule has 0 saturated heterocycles. The summed E-state index contributed by atoms with van der Waals surface area (Å²) in [5.74, 6) is 0.145. The highest BCUT2D eigenvalue weighted by Crippen LogP contribution is 2.63. The number of carbonyl (C=O) groups is 1. The molecule has 3 aliphatic rings. The molecule has 150 valence electrons. The lowest BCUT2D eigenvalue weighted by Crippen LogP contribution is -2.56. The number of anilines is 2. The molecule has 3 heterocycles. The van der Waals surface area contributed by atoms with E-state index in [4.69, 9.17) is 0 Å². The molecule has 1 amide bonds. The molecule has 3 aromatic rings. The predicted molar refractivity (Wildman–Crippen MR) is 123 cm³/mol. The van der Waals surface area contributed by atoms with E-state index in [-0.39, 0.29) is 16.9 Å². The number of nitrogens with one attached hydrogen (secondary N) is 1. The Morgan fingerprint density at radius 2 is 1.57 bits per heavy atom. The first-order valence-electron chi connectivity index (χ1n) is 10.5. The first-order valence-corrected chi connectivity index (χ1v) is 11.3. The van der Waals surface area contributed by atoms with Crippen LogP contribution in [0.2, 0.25) is 0 Å². The zero-order valence-electron chi connectivity index (χ0n) is 17.4. The number of rotatable bonds is 1. The maximum Gasteiger partial charge on any atom is 0.268 e. The molecular formula is C26H24N2OS. The average Bonchev–Trinajstić information content (AvgIpc) is 3.24. The van der Waals surface area contributed by atoms with Crippen molar-refractivity contribution in [3.63, 3.8) is 0 Å². The summed E-state index contributed by atoms with van der Waals surface area (Å²) < 4.78 is 0. The minimum Gasteiger partial charge on any atom is -0.358 e. The van der Waals surface area contributed by atoms with Gasteiger partial charge in [0.1, 0.15) is 0 Å². The fourth-order valence-electron chi connectivity index (χ4n) is 5.83. The number of benzene rings is 3. The van der Waals surface area contributed by atoms with Crippen LogP contribution in [0.5, 0.6) is 0 Å². The SMILES string of the molecule is CC1(C)C[C@](C)(c2ccccc2)c2cccc3c2N1C(=O)[C@]31Nc2ccccc2S1. The van der Waals surface area contributed by atoms with Gasteiger partial charge in [-0.1, -0.05) is 79.3 Å². The molecule has 4 heteroatoms. The molecule has 0 aromatic heterocycles. The summed E-state index contributed by atoms with van der Waals surface area (Å²) in [6.07, 6.45) is 0.875. The number of amides is 1. The van der Waals surface area contributed by atoms with Crippen molar-refractivity contribution in [1.82, 2.24) is 0 Å². The summed E-state index contributed by atoms with van der Waals surface area (Å²) in [7, 11) is 0. The van der Waals surface area contributed by atoms with Gasteiger partial charge < -0.3 is 10.2 Å². The van der Waals surface area contributed by atoms with Gasteiger partial charge in [0.25, 0.3) is 5.91 Å². The van der Waals surface area contributed by atoms with E-state index in [0.29, 0.717) is 0 Å². The van der Waals surface area contributed by atoms with Crippen LogP contribution < -0.4 is 10.2 Å². The van der Waals surface area contributed by atoms with E-state index in [9.17, 15) is 4.79 Å². The summed E-state index contributed by atoms with van der Waals surface area (Å²) in [4.78, 5) is 16.5. The van der Waals surface area contributed by atoms with Crippen molar-refractivity contribution in [3.8, 4) is 0 Å². The summed E-state index contributed by atoms with van der Waals surface area (Å²) in [5, 5.41) is 3.61. The Hall–Kier alpha value is -2.72. The Bertz CT molecular complexity index is 1180. The van der Waals surface area contributed by atoms with Crippen molar-refractivity contribution in [3.05, 3.63) is 89.5 Å². The third kappa shape index (κ3) is 2.10. The summed E-state index contributed by atoms with van der Waals surface area (Å²) >= 11 is 1.65. The second kappa shape index (κ2) is 5.70. The predicted octanol–water partition coefficient (Wildman–Crippen LogP) is 5.89. The molecule has 0 radical (unpaired) electrons. The number of fused-ring (bicyclic) bond motifs is 2. The van der Waals surface area contributed by atoms with Crippen LogP contribution in [0.3, 0.4) is 0 Å². The van der Waals surface area contributed by atoms with Gasteiger partial charge in [-0.25, -0.2) is 0 Å². The van der Waals surface area contributed by atoms with E-state index >= 15 is 0 Å². The van der Waals surface area contributed by atoms with Gasteiger partial charge >= 0.3 is 0 Å². The van der Waals surface area contributed by atoms with Crippen LogP contribution in [0.4, 0.5) is 11.4 Å². The molecule has 30 heavy (non-hydrogen) atoms. The zero-order valence-corrected chi connectivity index (χ0v) is 18.2. The van der Waals surface area contributed by atoms with Gasteiger partial charge in [-0.3, -0.25) is 4.79 Å². The minimum atomic E-state index is -0.783. The Kier molecular flexibility index (Phi) is 3.44. The van der Waals surface area contributed by atoms with Gasteiger partial charge in [-0.05, 0) is 43.5 Å². The molecule has 3 nitrogen and oxygen atoms in total. The van der Waals surface area contributed by atoms with Crippen LogP contribution in [-0.4, -0.2) is 11.4 Å². The Morgan fingerprint density at radius 3 is 2.33 bits per heavy atom. The Labute approximate surface area is 181 Å². The molecule has 0 saturated carbocycles. The van der Waals surface area contributed by atoms with E-state index in [0.717, 1.165) is 28.3 Å². The van der Waals surface area contributed by atoms with E-state index in [1.165, 1.54) is 11.1 Å². The van der Waals surface area contributed by atoms with Gasteiger partial charge in [-0.2, -0.15) is 0 Å². The second-order valence-electron chi connectivity index (χ2n) is 9.43. The molecule has 0 fully saturated rings. The van der Waals surface area contributed by atoms with Crippen LogP contribution >= 0.6 is 11.8 Å². The fraction of sp³-hybridized carbons (Fsp3) is 0.269. The maximum absolute atomic E-state index is 14.1. The highest BCUT2D eigenvalue weighted by Gasteiger charge is 2.62. The summed E-state index contributed by atoms with van der Waals surface area (Å²) in [6, 6.07) is 25.4. The monoisotopic (exact) mass is 412 g/mol. The van der Waals surface area contributed by atoms with Crippen molar-refractivity contribution in [2.45, 2.75) is 47.9 Å². The van der Waals surface area contributed by atoms with E-state index in [1.54, 1.807) is 11.8 Å². The Balaban J connectivity index is 1.62. The number of nitrogens with zero attached hydrogens (tertiary/aromatic N) is 1. The van der Waals surface area contributed by atoms with Gasteiger partial charge in [0.15, 0.2) is 4.87 Å². The highest BCUT2D eigenvalue weighted by atomic mass is 32.2. The van der Waals surface area contributed by atoms with Crippen LogP contribution in [-0.2, 0) is 15.1 Å². The van der Waals surface area contributed by atoms with Crippen molar-refractivity contribution >= 4 is 29.0 Å². The van der Waals surface area contributed by atoms with Gasteiger partial charge in [-0.15, -0.1) is 0 Å². The third-order valence-corrected chi connectivity index (χ3v) is 8.38. The quantitative estimate of drug-likeness (QED) is 0.541. The van der Waals surface area contributed by atoms with Crippen LogP contribution in [0.15, 0.2) is 77.7 Å². The van der Waals surface area contributed by atoms with E-state index in [1.807, 2.05) is 12.1 Å². The normalized spacial score (nSPS) is 27.7. The lowest BCUT2D eigenvalue weighted by atomic mass is 9.65. The number of hydrogen-bond donors (Lipinski definition) is 1. The zero-order chi connectivity index (χ0) is 20.7. The molecule has 6 rings (SSSR count). The average molecular weight is 413 g/mol. The van der Waals surface area contributed by atoms with E-state index < -0.39 is 4.87 Å².